The Morgan fingerprint density at radius 3 is 2.71 bits per heavy atom. The SMILES string of the molecule is NCC1CCCCN1CC(=O)N1CCNCC1. The summed E-state index contributed by atoms with van der Waals surface area (Å²) in [6.45, 7) is 5.80. The number of rotatable bonds is 3. The average Bonchev–Trinajstić information content (AvgIpc) is 2.40. The summed E-state index contributed by atoms with van der Waals surface area (Å²) in [5.74, 6) is 0.270. The Labute approximate surface area is 103 Å². The van der Waals surface area contributed by atoms with Gasteiger partial charge in [-0.15, -0.1) is 0 Å². The molecule has 0 aromatic heterocycles. The molecule has 0 aromatic rings. The average molecular weight is 240 g/mol. The van der Waals surface area contributed by atoms with Crippen LogP contribution in [0.2, 0.25) is 0 Å². The number of amides is 1. The van der Waals surface area contributed by atoms with Gasteiger partial charge in [-0.2, -0.15) is 0 Å². The molecule has 0 aliphatic carbocycles. The second kappa shape index (κ2) is 6.33. The lowest BCUT2D eigenvalue weighted by Gasteiger charge is -2.36. The van der Waals surface area contributed by atoms with Crippen LogP contribution in [-0.4, -0.2) is 67.6 Å². The topological polar surface area (TPSA) is 61.6 Å². The van der Waals surface area contributed by atoms with Crippen LogP contribution in [0.25, 0.3) is 0 Å². The molecule has 0 bridgehead atoms. The fraction of sp³-hybridized carbons (Fsp3) is 0.917. The van der Waals surface area contributed by atoms with E-state index >= 15 is 0 Å². The van der Waals surface area contributed by atoms with E-state index in [1.54, 1.807) is 0 Å². The van der Waals surface area contributed by atoms with Crippen molar-refractivity contribution in [2.45, 2.75) is 25.3 Å². The lowest BCUT2D eigenvalue weighted by atomic mass is 10.0. The molecule has 5 nitrogen and oxygen atoms in total. The van der Waals surface area contributed by atoms with Crippen molar-refractivity contribution in [3.8, 4) is 0 Å². The van der Waals surface area contributed by atoms with Crippen molar-refractivity contribution in [2.24, 2.45) is 5.73 Å². The maximum Gasteiger partial charge on any atom is 0.236 e. The Hall–Kier alpha value is -0.650. The minimum absolute atomic E-state index is 0.270. The van der Waals surface area contributed by atoms with Crippen molar-refractivity contribution in [3.05, 3.63) is 0 Å². The first kappa shape index (κ1) is 12.8. The van der Waals surface area contributed by atoms with Crippen LogP contribution >= 0.6 is 0 Å². The summed E-state index contributed by atoms with van der Waals surface area (Å²) in [5, 5.41) is 3.27. The highest BCUT2D eigenvalue weighted by atomic mass is 16.2. The number of hydrogen-bond donors (Lipinski definition) is 2. The Balaban J connectivity index is 1.83. The van der Waals surface area contributed by atoms with Crippen molar-refractivity contribution in [1.82, 2.24) is 15.1 Å². The molecule has 5 heteroatoms. The molecule has 17 heavy (non-hydrogen) atoms. The third kappa shape index (κ3) is 3.40. The zero-order valence-electron chi connectivity index (χ0n) is 10.5. The number of piperidine rings is 1. The maximum atomic E-state index is 12.1. The number of likely N-dealkylation sites (tertiary alicyclic amines) is 1. The van der Waals surface area contributed by atoms with Crippen molar-refractivity contribution >= 4 is 5.91 Å². The zero-order valence-corrected chi connectivity index (χ0v) is 10.5. The smallest absolute Gasteiger partial charge is 0.236 e. The first-order valence-electron chi connectivity index (χ1n) is 6.74. The molecular formula is C12H24N4O. The minimum atomic E-state index is 0.270. The normalized spacial score (nSPS) is 27.1. The molecule has 2 aliphatic rings. The van der Waals surface area contributed by atoms with Gasteiger partial charge in [-0.05, 0) is 19.4 Å². The number of hydrogen-bond acceptors (Lipinski definition) is 4. The lowest BCUT2D eigenvalue weighted by Crippen LogP contribution is -2.53. The van der Waals surface area contributed by atoms with Gasteiger partial charge in [-0.25, -0.2) is 0 Å². The Morgan fingerprint density at radius 2 is 2.00 bits per heavy atom. The maximum absolute atomic E-state index is 12.1. The van der Waals surface area contributed by atoms with E-state index in [1.807, 2.05) is 4.90 Å². The molecule has 1 amide bonds. The summed E-state index contributed by atoms with van der Waals surface area (Å²) in [5.41, 5.74) is 5.77. The number of piperazine rings is 1. The molecular weight excluding hydrogens is 216 g/mol. The van der Waals surface area contributed by atoms with Crippen molar-refractivity contribution in [1.29, 1.82) is 0 Å². The van der Waals surface area contributed by atoms with Crippen LogP contribution in [0.3, 0.4) is 0 Å². The number of nitrogens with two attached hydrogens (primary N) is 1. The molecule has 0 aromatic carbocycles. The predicted octanol–water partition coefficient (Wildman–Crippen LogP) is -0.769. The summed E-state index contributed by atoms with van der Waals surface area (Å²) in [4.78, 5) is 16.4. The summed E-state index contributed by atoms with van der Waals surface area (Å²) in [6.07, 6.45) is 3.59. The van der Waals surface area contributed by atoms with Gasteiger partial charge in [0.25, 0.3) is 0 Å². The van der Waals surface area contributed by atoms with E-state index < -0.39 is 0 Å². The highest BCUT2D eigenvalue weighted by Gasteiger charge is 2.25. The van der Waals surface area contributed by atoms with E-state index in [0.29, 0.717) is 19.1 Å². The molecule has 1 atom stereocenters. The van der Waals surface area contributed by atoms with Gasteiger partial charge in [0.05, 0.1) is 6.54 Å². The van der Waals surface area contributed by atoms with E-state index in [-0.39, 0.29) is 5.91 Å². The van der Waals surface area contributed by atoms with Crippen molar-refractivity contribution < 1.29 is 4.79 Å². The highest BCUT2D eigenvalue weighted by Crippen LogP contribution is 2.16. The largest absolute Gasteiger partial charge is 0.339 e. The monoisotopic (exact) mass is 240 g/mol. The lowest BCUT2D eigenvalue weighted by molar-refractivity contribution is -0.133. The van der Waals surface area contributed by atoms with Crippen LogP contribution < -0.4 is 11.1 Å². The van der Waals surface area contributed by atoms with Gasteiger partial charge in [0.2, 0.25) is 5.91 Å². The molecule has 1 unspecified atom stereocenters. The second-order valence-electron chi connectivity index (χ2n) is 4.99. The predicted molar refractivity (Wildman–Crippen MR) is 67.7 cm³/mol. The van der Waals surface area contributed by atoms with Gasteiger partial charge in [0.15, 0.2) is 0 Å². The molecule has 2 fully saturated rings. The van der Waals surface area contributed by atoms with Crippen molar-refractivity contribution in [3.63, 3.8) is 0 Å². The molecule has 3 N–H and O–H groups in total. The summed E-state index contributed by atoms with van der Waals surface area (Å²) >= 11 is 0. The second-order valence-corrected chi connectivity index (χ2v) is 4.99. The van der Waals surface area contributed by atoms with E-state index in [1.165, 1.54) is 12.8 Å². The Kier molecular flexibility index (Phi) is 4.76. The number of nitrogens with zero attached hydrogens (tertiary/aromatic N) is 2. The number of carbonyl (C=O) groups is 1. The van der Waals surface area contributed by atoms with E-state index in [4.69, 9.17) is 5.73 Å². The molecule has 0 saturated carbocycles. The van der Waals surface area contributed by atoms with Crippen molar-refractivity contribution in [2.75, 3.05) is 45.8 Å². The Bertz CT molecular complexity index is 253. The molecule has 2 heterocycles. The molecule has 2 saturated heterocycles. The highest BCUT2D eigenvalue weighted by molar-refractivity contribution is 5.78. The Morgan fingerprint density at radius 1 is 1.24 bits per heavy atom. The third-order valence-electron chi connectivity index (χ3n) is 3.83. The number of nitrogens with one attached hydrogen (secondary N) is 1. The van der Waals surface area contributed by atoms with Crippen LogP contribution in [0.15, 0.2) is 0 Å². The van der Waals surface area contributed by atoms with Crippen LogP contribution in [-0.2, 0) is 4.79 Å². The number of carbonyl (C=O) groups excluding carboxylic acids is 1. The summed E-state index contributed by atoms with van der Waals surface area (Å²) in [7, 11) is 0. The van der Waals surface area contributed by atoms with Crippen LogP contribution in [0.1, 0.15) is 19.3 Å². The third-order valence-corrected chi connectivity index (χ3v) is 3.83. The first-order valence-corrected chi connectivity index (χ1v) is 6.74. The van der Waals surface area contributed by atoms with Crippen LogP contribution in [0, 0.1) is 0 Å². The fourth-order valence-electron chi connectivity index (χ4n) is 2.72. The van der Waals surface area contributed by atoms with Gasteiger partial charge in [0.1, 0.15) is 0 Å². The van der Waals surface area contributed by atoms with Gasteiger partial charge in [-0.3, -0.25) is 9.69 Å². The van der Waals surface area contributed by atoms with E-state index in [0.717, 1.165) is 39.1 Å². The molecule has 0 radical (unpaired) electrons. The van der Waals surface area contributed by atoms with E-state index in [9.17, 15) is 4.79 Å². The molecule has 0 spiro atoms. The standard InChI is InChI=1S/C12H24N4O/c13-9-11-3-1-2-6-16(11)10-12(17)15-7-4-14-5-8-15/h11,14H,1-10,13H2. The summed E-state index contributed by atoms with van der Waals surface area (Å²) in [6, 6.07) is 0.413. The van der Waals surface area contributed by atoms with E-state index in [2.05, 4.69) is 10.2 Å². The van der Waals surface area contributed by atoms with Gasteiger partial charge < -0.3 is 16.0 Å². The summed E-state index contributed by atoms with van der Waals surface area (Å²) < 4.78 is 0. The van der Waals surface area contributed by atoms with Gasteiger partial charge in [-0.1, -0.05) is 6.42 Å². The molecule has 2 aliphatic heterocycles. The molecule has 98 valence electrons. The zero-order chi connectivity index (χ0) is 12.1. The van der Waals surface area contributed by atoms with Crippen LogP contribution in [0.4, 0.5) is 0 Å². The minimum Gasteiger partial charge on any atom is -0.339 e. The quantitative estimate of drug-likeness (QED) is 0.680. The fourth-order valence-corrected chi connectivity index (χ4v) is 2.72. The first-order chi connectivity index (χ1) is 8.31. The van der Waals surface area contributed by atoms with Gasteiger partial charge >= 0.3 is 0 Å². The van der Waals surface area contributed by atoms with Gasteiger partial charge in [0, 0.05) is 38.8 Å². The van der Waals surface area contributed by atoms with Crippen LogP contribution in [0.5, 0.6) is 0 Å². The molecule has 2 rings (SSSR count).